The molecule has 0 amide bonds. The number of nitrogens with one attached hydrogen (secondary N) is 1. The van der Waals surface area contributed by atoms with Crippen LogP contribution in [0.2, 0.25) is 0 Å². The maximum Gasteiger partial charge on any atom is 0.109 e. The maximum absolute atomic E-state index is 4.30. The summed E-state index contributed by atoms with van der Waals surface area (Å²) in [6, 6.07) is 0.942. The standard InChI is InChI=1S/C11H20N2S/c1-8(2)7-9(3)13-10(4)11-12-5-6-14-11/h5-6,8-10,13H,7H2,1-4H3. The van der Waals surface area contributed by atoms with E-state index in [1.54, 1.807) is 11.3 Å². The van der Waals surface area contributed by atoms with E-state index in [9.17, 15) is 0 Å². The van der Waals surface area contributed by atoms with Gasteiger partial charge in [-0.2, -0.15) is 0 Å². The highest BCUT2D eigenvalue weighted by Crippen LogP contribution is 2.16. The third-order valence-electron chi connectivity index (χ3n) is 2.18. The van der Waals surface area contributed by atoms with Crippen molar-refractivity contribution in [1.82, 2.24) is 10.3 Å². The van der Waals surface area contributed by atoms with E-state index >= 15 is 0 Å². The Kier molecular flexibility index (Phi) is 4.55. The van der Waals surface area contributed by atoms with Gasteiger partial charge in [-0.3, -0.25) is 0 Å². The zero-order valence-electron chi connectivity index (χ0n) is 9.45. The van der Waals surface area contributed by atoms with Crippen LogP contribution >= 0.6 is 11.3 Å². The summed E-state index contributed by atoms with van der Waals surface area (Å²) < 4.78 is 0. The molecule has 3 heteroatoms. The van der Waals surface area contributed by atoms with E-state index in [2.05, 4.69) is 38.0 Å². The van der Waals surface area contributed by atoms with E-state index in [1.165, 1.54) is 11.4 Å². The average Bonchev–Trinajstić information content (AvgIpc) is 2.53. The first-order valence-electron chi connectivity index (χ1n) is 5.25. The van der Waals surface area contributed by atoms with E-state index in [0.29, 0.717) is 12.1 Å². The highest BCUT2D eigenvalue weighted by atomic mass is 32.1. The average molecular weight is 212 g/mol. The second-order valence-corrected chi connectivity index (χ2v) is 5.22. The minimum Gasteiger partial charge on any atom is -0.306 e. The summed E-state index contributed by atoms with van der Waals surface area (Å²) >= 11 is 1.72. The molecule has 14 heavy (non-hydrogen) atoms. The van der Waals surface area contributed by atoms with Crippen LogP contribution in [0, 0.1) is 5.92 Å². The van der Waals surface area contributed by atoms with Gasteiger partial charge in [0.15, 0.2) is 0 Å². The van der Waals surface area contributed by atoms with Gasteiger partial charge in [-0.25, -0.2) is 4.98 Å². The molecule has 0 aromatic carbocycles. The minimum absolute atomic E-state index is 0.378. The molecule has 1 heterocycles. The van der Waals surface area contributed by atoms with Crippen molar-refractivity contribution in [2.24, 2.45) is 5.92 Å². The second kappa shape index (κ2) is 5.47. The third kappa shape index (κ3) is 3.76. The Labute approximate surface area is 90.8 Å². The number of rotatable bonds is 5. The molecule has 0 aliphatic rings. The molecular weight excluding hydrogens is 192 g/mol. The summed E-state index contributed by atoms with van der Waals surface area (Å²) in [6.07, 6.45) is 3.08. The highest BCUT2D eigenvalue weighted by Gasteiger charge is 2.11. The fourth-order valence-corrected chi connectivity index (χ4v) is 2.38. The van der Waals surface area contributed by atoms with Crippen molar-refractivity contribution in [3.63, 3.8) is 0 Å². The fourth-order valence-electron chi connectivity index (χ4n) is 1.72. The first-order chi connectivity index (χ1) is 6.59. The Hall–Kier alpha value is -0.410. The molecule has 0 bridgehead atoms. The monoisotopic (exact) mass is 212 g/mol. The van der Waals surface area contributed by atoms with Crippen LogP contribution in [0.3, 0.4) is 0 Å². The van der Waals surface area contributed by atoms with Gasteiger partial charge in [-0.1, -0.05) is 13.8 Å². The van der Waals surface area contributed by atoms with Gasteiger partial charge in [-0.05, 0) is 26.2 Å². The first kappa shape index (κ1) is 11.7. The highest BCUT2D eigenvalue weighted by molar-refractivity contribution is 7.09. The lowest BCUT2D eigenvalue weighted by Gasteiger charge is -2.19. The lowest BCUT2D eigenvalue weighted by atomic mass is 10.0. The first-order valence-corrected chi connectivity index (χ1v) is 6.13. The van der Waals surface area contributed by atoms with Crippen LogP contribution in [-0.4, -0.2) is 11.0 Å². The van der Waals surface area contributed by atoms with Gasteiger partial charge in [0.1, 0.15) is 5.01 Å². The lowest BCUT2D eigenvalue weighted by Crippen LogP contribution is -2.29. The van der Waals surface area contributed by atoms with E-state index in [4.69, 9.17) is 0 Å². The Morgan fingerprint density at radius 2 is 2.07 bits per heavy atom. The Bertz CT molecular complexity index is 244. The van der Waals surface area contributed by atoms with Gasteiger partial charge in [0.25, 0.3) is 0 Å². The van der Waals surface area contributed by atoms with Crippen LogP contribution < -0.4 is 5.32 Å². The van der Waals surface area contributed by atoms with Gasteiger partial charge < -0.3 is 5.32 Å². The van der Waals surface area contributed by atoms with Crippen molar-refractivity contribution in [1.29, 1.82) is 0 Å². The Balaban J connectivity index is 2.37. The molecule has 0 radical (unpaired) electrons. The lowest BCUT2D eigenvalue weighted by molar-refractivity contribution is 0.406. The summed E-state index contributed by atoms with van der Waals surface area (Å²) in [7, 11) is 0. The second-order valence-electron chi connectivity index (χ2n) is 4.29. The van der Waals surface area contributed by atoms with Crippen LogP contribution in [0.4, 0.5) is 0 Å². The molecule has 0 saturated carbocycles. The smallest absolute Gasteiger partial charge is 0.109 e. The van der Waals surface area contributed by atoms with E-state index in [1.807, 2.05) is 11.6 Å². The summed E-state index contributed by atoms with van der Waals surface area (Å²) in [5.74, 6) is 0.751. The largest absolute Gasteiger partial charge is 0.306 e. The predicted molar refractivity (Wildman–Crippen MR) is 62.6 cm³/mol. The molecule has 1 rings (SSSR count). The third-order valence-corrected chi connectivity index (χ3v) is 3.14. The van der Waals surface area contributed by atoms with Crippen LogP contribution in [0.15, 0.2) is 11.6 Å². The number of hydrogen-bond donors (Lipinski definition) is 1. The molecule has 1 N–H and O–H groups in total. The molecule has 2 nitrogen and oxygen atoms in total. The molecule has 0 fully saturated rings. The van der Waals surface area contributed by atoms with Gasteiger partial charge in [0.05, 0.1) is 6.04 Å². The molecule has 1 aromatic heterocycles. The molecule has 0 saturated heterocycles. The number of aromatic nitrogens is 1. The quantitative estimate of drug-likeness (QED) is 0.810. The van der Waals surface area contributed by atoms with Crippen molar-refractivity contribution < 1.29 is 0 Å². The molecule has 2 unspecified atom stereocenters. The zero-order chi connectivity index (χ0) is 10.6. The molecule has 2 atom stereocenters. The van der Waals surface area contributed by atoms with Crippen molar-refractivity contribution >= 4 is 11.3 Å². The normalized spacial score (nSPS) is 15.8. The van der Waals surface area contributed by atoms with Gasteiger partial charge in [0.2, 0.25) is 0 Å². The van der Waals surface area contributed by atoms with Crippen LogP contribution in [0.1, 0.15) is 45.2 Å². The van der Waals surface area contributed by atoms with E-state index < -0.39 is 0 Å². The van der Waals surface area contributed by atoms with Gasteiger partial charge >= 0.3 is 0 Å². The number of nitrogens with zero attached hydrogens (tertiary/aromatic N) is 1. The van der Waals surface area contributed by atoms with E-state index in [0.717, 1.165) is 5.92 Å². The number of thiazole rings is 1. The molecule has 0 aliphatic carbocycles. The summed E-state index contributed by atoms with van der Waals surface area (Å²) in [5.41, 5.74) is 0. The molecule has 0 aliphatic heterocycles. The van der Waals surface area contributed by atoms with Crippen LogP contribution in [0.25, 0.3) is 0 Å². The predicted octanol–water partition coefficient (Wildman–Crippen LogP) is 3.23. The Morgan fingerprint density at radius 3 is 2.57 bits per heavy atom. The van der Waals surface area contributed by atoms with Crippen molar-refractivity contribution in [3.05, 3.63) is 16.6 Å². The SMILES string of the molecule is CC(C)CC(C)NC(C)c1nccs1. The van der Waals surface area contributed by atoms with Crippen LogP contribution in [0.5, 0.6) is 0 Å². The molecule has 80 valence electrons. The summed E-state index contributed by atoms with van der Waals surface area (Å²) in [5, 5.41) is 6.77. The topological polar surface area (TPSA) is 24.9 Å². The van der Waals surface area contributed by atoms with Crippen molar-refractivity contribution in [2.75, 3.05) is 0 Å². The minimum atomic E-state index is 0.378. The zero-order valence-corrected chi connectivity index (χ0v) is 10.3. The molecule has 0 spiro atoms. The van der Waals surface area contributed by atoms with Crippen molar-refractivity contribution in [2.45, 2.75) is 46.2 Å². The van der Waals surface area contributed by atoms with Crippen LogP contribution in [-0.2, 0) is 0 Å². The maximum atomic E-state index is 4.30. The number of hydrogen-bond acceptors (Lipinski definition) is 3. The fraction of sp³-hybridized carbons (Fsp3) is 0.727. The Morgan fingerprint density at radius 1 is 1.36 bits per heavy atom. The molecular formula is C11H20N2S. The molecule has 1 aromatic rings. The van der Waals surface area contributed by atoms with Crippen molar-refractivity contribution in [3.8, 4) is 0 Å². The van der Waals surface area contributed by atoms with Gasteiger partial charge in [-0.15, -0.1) is 11.3 Å². The summed E-state index contributed by atoms with van der Waals surface area (Å²) in [6.45, 7) is 8.93. The van der Waals surface area contributed by atoms with E-state index in [-0.39, 0.29) is 0 Å². The summed E-state index contributed by atoms with van der Waals surface area (Å²) in [4.78, 5) is 4.30. The van der Waals surface area contributed by atoms with Gasteiger partial charge in [0, 0.05) is 17.6 Å².